The van der Waals surface area contributed by atoms with Crippen LogP contribution in [0.4, 0.5) is 8.78 Å². The first kappa shape index (κ1) is 12.1. The van der Waals surface area contributed by atoms with Crippen LogP contribution in [0, 0.1) is 17.6 Å². The van der Waals surface area contributed by atoms with Crippen molar-refractivity contribution in [2.45, 2.75) is 25.4 Å². The second kappa shape index (κ2) is 4.94. The van der Waals surface area contributed by atoms with Gasteiger partial charge in [-0.05, 0) is 37.9 Å². The van der Waals surface area contributed by atoms with Crippen molar-refractivity contribution in [2.24, 2.45) is 5.92 Å². The Balaban J connectivity index is 1.63. The normalized spacial score (nSPS) is 30.7. The molecule has 3 aliphatic rings. The maximum absolute atomic E-state index is 13.5. The molecule has 2 bridgehead atoms. The molecule has 0 amide bonds. The Morgan fingerprint density at radius 1 is 1.22 bits per heavy atom. The van der Waals surface area contributed by atoms with Crippen molar-refractivity contribution in [3.63, 3.8) is 0 Å². The molecule has 1 N–H and O–H groups in total. The molecular weight excluding hydrogens is 234 g/mol. The predicted octanol–water partition coefficient (Wildman–Crippen LogP) is 2.15. The molecule has 0 aliphatic carbocycles. The first-order valence-electron chi connectivity index (χ1n) is 6.62. The highest BCUT2D eigenvalue weighted by Crippen LogP contribution is 2.27. The van der Waals surface area contributed by atoms with Crippen molar-refractivity contribution in [1.82, 2.24) is 10.2 Å². The number of fused-ring (bicyclic) bond motifs is 3. The smallest absolute Gasteiger partial charge is 0.163 e. The number of nitrogens with one attached hydrogen (secondary N) is 1. The molecule has 1 atom stereocenters. The predicted molar refractivity (Wildman–Crippen MR) is 66.1 cm³/mol. The first-order valence-corrected chi connectivity index (χ1v) is 6.62. The molecule has 1 unspecified atom stereocenters. The summed E-state index contributed by atoms with van der Waals surface area (Å²) in [5, 5.41) is 3.39. The van der Waals surface area contributed by atoms with Gasteiger partial charge in [-0.2, -0.15) is 0 Å². The maximum Gasteiger partial charge on any atom is 0.163 e. The lowest BCUT2D eigenvalue weighted by Crippen LogP contribution is -2.55. The zero-order chi connectivity index (χ0) is 12.5. The van der Waals surface area contributed by atoms with E-state index in [1.54, 1.807) is 12.1 Å². The van der Waals surface area contributed by atoms with Crippen LogP contribution in [0.15, 0.2) is 18.2 Å². The molecule has 98 valence electrons. The lowest BCUT2D eigenvalue weighted by molar-refractivity contribution is 0.0718. The average Bonchev–Trinajstić information content (AvgIpc) is 2.42. The molecule has 0 spiro atoms. The summed E-state index contributed by atoms with van der Waals surface area (Å²) in [6.07, 6.45) is 2.45. The molecule has 4 rings (SSSR count). The van der Waals surface area contributed by atoms with Gasteiger partial charge < -0.3 is 10.2 Å². The average molecular weight is 252 g/mol. The van der Waals surface area contributed by atoms with E-state index in [2.05, 4.69) is 10.2 Å². The van der Waals surface area contributed by atoms with Gasteiger partial charge in [0.2, 0.25) is 0 Å². The summed E-state index contributed by atoms with van der Waals surface area (Å²) in [6, 6.07) is 4.79. The van der Waals surface area contributed by atoms with Crippen LogP contribution < -0.4 is 5.32 Å². The van der Waals surface area contributed by atoms with E-state index in [-0.39, 0.29) is 0 Å². The molecule has 4 heteroatoms. The van der Waals surface area contributed by atoms with E-state index in [9.17, 15) is 8.78 Å². The van der Waals surface area contributed by atoms with Gasteiger partial charge in [0.25, 0.3) is 0 Å². The number of hydrogen-bond donors (Lipinski definition) is 1. The van der Waals surface area contributed by atoms with Crippen LogP contribution in [0.2, 0.25) is 0 Å². The van der Waals surface area contributed by atoms with E-state index in [0.29, 0.717) is 24.1 Å². The minimum Gasteiger partial charge on any atom is -0.308 e. The van der Waals surface area contributed by atoms with Crippen LogP contribution in [0.1, 0.15) is 18.4 Å². The lowest BCUT2D eigenvalue weighted by atomic mass is 9.84. The van der Waals surface area contributed by atoms with Crippen LogP contribution in [-0.4, -0.2) is 30.6 Å². The molecule has 0 aromatic heterocycles. The van der Waals surface area contributed by atoms with Crippen LogP contribution in [0.25, 0.3) is 0 Å². The van der Waals surface area contributed by atoms with Crippen LogP contribution in [-0.2, 0) is 6.54 Å². The van der Waals surface area contributed by atoms with Crippen LogP contribution in [0.3, 0.4) is 0 Å². The van der Waals surface area contributed by atoms with E-state index >= 15 is 0 Å². The van der Waals surface area contributed by atoms with Crippen LogP contribution >= 0.6 is 0 Å². The fourth-order valence-electron chi connectivity index (χ4n) is 3.12. The van der Waals surface area contributed by atoms with Gasteiger partial charge in [-0.1, -0.05) is 12.1 Å². The van der Waals surface area contributed by atoms with Gasteiger partial charge in [0.15, 0.2) is 11.6 Å². The second-order valence-electron chi connectivity index (χ2n) is 5.34. The van der Waals surface area contributed by atoms with Gasteiger partial charge in [0.05, 0.1) is 0 Å². The number of nitrogens with zero attached hydrogens (tertiary/aromatic N) is 1. The lowest BCUT2D eigenvalue weighted by Gasteiger charge is -2.45. The Labute approximate surface area is 106 Å². The Morgan fingerprint density at radius 3 is 2.67 bits per heavy atom. The topological polar surface area (TPSA) is 15.3 Å². The fourth-order valence-corrected chi connectivity index (χ4v) is 3.12. The highest BCUT2D eigenvalue weighted by molar-refractivity contribution is 5.18. The highest BCUT2D eigenvalue weighted by Gasteiger charge is 2.33. The molecule has 3 aliphatic heterocycles. The SMILES string of the molecule is Fc1cccc(CNC2CN3CCC2CC3)c1F. The minimum atomic E-state index is -0.761. The van der Waals surface area contributed by atoms with Gasteiger partial charge in [0, 0.05) is 24.7 Å². The zero-order valence-corrected chi connectivity index (χ0v) is 10.3. The van der Waals surface area contributed by atoms with Gasteiger partial charge in [0.1, 0.15) is 0 Å². The van der Waals surface area contributed by atoms with Crippen LogP contribution in [0.5, 0.6) is 0 Å². The van der Waals surface area contributed by atoms with E-state index in [4.69, 9.17) is 0 Å². The number of hydrogen-bond acceptors (Lipinski definition) is 2. The molecule has 0 radical (unpaired) electrons. The van der Waals surface area contributed by atoms with Crippen molar-refractivity contribution in [2.75, 3.05) is 19.6 Å². The summed E-state index contributed by atoms with van der Waals surface area (Å²) >= 11 is 0. The number of rotatable bonds is 3. The van der Waals surface area contributed by atoms with E-state index in [1.165, 1.54) is 25.9 Å². The minimum absolute atomic E-state index is 0.415. The van der Waals surface area contributed by atoms with Crippen molar-refractivity contribution in [3.05, 3.63) is 35.4 Å². The largest absolute Gasteiger partial charge is 0.308 e. The van der Waals surface area contributed by atoms with Crippen molar-refractivity contribution >= 4 is 0 Å². The summed E-state index contributed by atoms with van der Waals surface area (Å²) < 4.78 is 26.6. The Hall–Kier alpha value is -1.00. The Morgan fingerprint density at radius 2 is 2.00 bits per heavy atom. The van der Waals surface area contributed by atoms with Gasteiger partial charge >= 0.3 is 0 Å². The number of halogens is 2. The van der Waals surface area contributed by atoms with Crippen molar-refractivity contribution in [1.29, 1.82) is 0 Å². The molecule has 1 aromatic rings. The monoisotopic (exact) mass is 252 g/mol. The third-order valence-corrected chi connectivity index (χ3v) is 4.24. The molecule has 3 heterocycles. The molecule has 2 nitrogen and oxygen atoms in total. The second-order valence-corrected chi connectivity index (χ2v) is 5.34. The van der Waals surface area contributed by atoms with Gasteiger partial charge in [-0.3, -0.25) is 0 Å². The summed E-state index contributed by atoms with van der Waals surface area (Å²) in [6.45, 7) is 3.84. The molecule has 3 fully saturated rings. The standard InChI is InChI=1S/C14H18F2N2/c15-12-3-1-2-11(14(12)16)8-17-13-9-18-6-4-10(13)5-7-18/h1-3,10,13,17H,4-9H2. The van der Waals surface area contributed by atoms with E-state index in [0.717, 1.165) is 12.6 Å². The Bertz CT molecular complexity index is 428. The zero-order valence-electron chi connectivity index (χ0n) is 10.3. The quantitative estimate of drug-likeness (QED) is 0.886. The fraction of sp³-hybridized carbons (Fsp3) is 0.571. The molecule has 0 saturated carbocycles. The van der Waals surface area contributed by atoms with E-state index < -0.39 is 11.6 Å². The summed E-state index contributed by atoms with van der Waals surface area (Å²) in [4.78, 5) is 2.44. The third kappa shape index (κ3) is 2.27. The number of piperidine rings is 3. The third-order valence-electron chi connectivity index (χ3n) is 4.24. The maximum atomic E-state index is 13.5. The molecule has 18 heavy (non-hydrogen) atoms. The summed E-state index contributed by atoms with van der Waals surface area (Å²) in [7, 11) is 0. The van der Waals surface area contributed by atoms with Gasteiger partial charge in [-0.15, -0.1) is 0 Å². The summed E-state index contributed by atoms with van der Waals surface area (Å²) in [5.41, 5.74) is 0.423. The van der Waals surface area contributed by atoms with Crippen molar-refractivity contribution in [3.8, 4) is 0 Å². The van der Waals surface area contributed by atoms with Crippen molar-refractivity contribution < 1.29 is 8.78 Å². The summed E-state index contributed by atoms with van der Waals surface area (Å²) in [5.74, 6) is -0.777. The number of benzene rings is 1. The Kier molecular flexibility index (Phi) is 3.31. The molecule has 3 saturated heterocycles. The molecule has 1 aromatic carbocycles. The van der Waals surface area contributed by atoms with Gasteiger partial charge in [-0.25, -0.2) is 8.78 Å². The molecular formula is C14H18F2N2. The highest BCUT2D eigenvalue weighted by atomic mass is 19.2. The first-order chi connectivity index (χ1) is 8.74. The van der Waals surface area contributed by atoms with E-state index in [1.807, 2.05) is 0 Å².